The molecule has 1 heterocycles. The molecule has 33 heavy (non-hydrogen) atoms. The van der Waals surface area contributed by atoms with E-state index in [0.29, 0.717) is 5.56 Å². The van der Waals surface area contributed by atoms with Crippen molar-refractivity contribution in [1.82, 2.24) is 4.90 Å². The standard InChI is InChI=1S/C25H23ClF3N3O/c26-23-11-10-20(16-22(23)25(27,28)29)30-24(33)19-8-6-18(7-9-19)17-31-12-14-32(15-13-31)21-4-2-1-3-5-21/h1-11,16H,12-15,17H2,(H,30,33). The number of nitrogens with one attached hydrogen (secondary N) is 1. The number of alkyl halides is 3. The number of amides is 1. The summed E-state index contributed by atoms with van der Waals surface area (Å²) in [7, 11) is 0. The normalized spacial score (nSPS) is 14.8. The minimum atomic E-state index is -4.59. The fourth-order valence-corrected chi connectivity index (χ4v) is 4.07. The lowest BCUT2D eigenvalue weighted by molar-refractivity contribution is -0.137. The van der Waals surface area contributed by atoms with Crippen molar-refractivity contribution < 1.29 is 18.0 Å². The number of halogens is 4. The highest BCUT2D eigenvalue weighted by atomic mass is 35.5. The maximum atomic E-state index is 13.0. The molecular formula is C25H23ClF3N3O. The monoisotopic (exact) mass is 473 g/mol. The van der Waals surface area contributed by atoms with Gasteiger partial charge in [0.25, 0.3) is 5.91 Å². The third kappa shape index (κ3) is 5.86. The van der Waals surface area contributed by atoms with E-state index >= 15 is 0 Å². The molecule has 1 saturated heterocycles. The Labute approximate surface area is 195 Å². The average molecular weight is 474 g/mol. The summed E-state index contributed by atoms with van der Waals surface area (Å²) in [6, 6.07) is 20.8. The highest BCUT2D eigenvalue weighted by molar-refractivity contribution is 6.31. The van der Waals surface area contributed by atoms with E-state index < -0.39 is 22.7 Å². The molecule has 8 heteroatoms. The Bertz CT molecular complexity index is 1100. The molecule has 0 aromatic heterocycles. The molecule has 0 aliphatic carbocycles. The van der Waals surface area contributed by atoms with Crippen LogP contribution in [-0.4, -0.2) is 37.0 Å². The maximum Gasteiger partial charge on any atom is 0.417 e. The number of hydrogen-bond donors (Lipinski definition) is 1. The van der Waals surface area contributed by atoms with Gasteiger partial charge < -0.3 is 10.2 Å². The Morgan fingerprint density at radius 3 is 2.21 bits per heavy atom. The van der Waals surface area contributed by atoms with Crippen molar-refractivity contribution in [2.45, 2.75) is 12.7 Å². The SMILES string of the molecule is O=C(Nc1ccc(Cl)c(C(F)(F)F)c1)c1ccc(CN2CCN(c3ccccc3)CC2)cc1. The molecule has 3 aromatic rings. The molecule has 172 valence electrons. The van der Waals surface area contributed by atoms with Gasteiger partial charge >= 0.3 is 6.18 Å². The molecule has 0 spiro atoms. The zero-order chi connectivity index (χ0) is 23.4. The quantitative estimate of drug-likeness (QED) is 0.498. The molecule has 0 radical (unpaired) electrons. The zero-order valence-electron chi connectivity index (χ0n) is 17.8. The van der Waals surface area contributed by atoms with Gasteiger partial charge in [0.05, 0.1) is 10.6 Å². The van der Waals surface area contributed by atoms with E-state index in [0.717, 1.165) is 50.4 Å². The van der Waals surface area contributed by atoms with Crippen LogP contribution in [-0.2, 0) is 12.7 Å². The van der Waals surface area contributed by atoms with Gasteiger partial charge in [-0.3, -0.25) is 9.69 Å². The van der Waals surface area contributed by atoms with Crippen LogP contribution >= 0.6 is 11.6 Å². The highest BCUT2D eigenvalue weighted by Gasteiger charge is 2.33. The van der Waals surface area contributed by atoms with Crippen molar-refractivity contribution >= 4 is 28.9 Å². The van der Waals surface area contributed by atoms with Gasteiger partial charge in [-0.25, -0.2) is 0 Å². The van der Waals surface area contributed by atoms with Crippen LogP contribution in [0.5, 0.6) is 0 Å². The Kier molecular flexibility index (Phi) is 6.91. The summed E-state index contributed by atoms with van der Waals surface area (Å²) in [6.45, 7) is 4.55. The predicted molar refractivity (Wildman–Crippen MR) is 125 cm³/mol. The van der Waals surface area contributed by atoms with Crippen molar-refractivity contribution in [1.29, 1.82) is 0 Å². The van der Waals surface area contributed by atoms with Crippen molar-refractivity contribution in [3.8, 4) is 0 Å². The number of rotatable bonds is 5. The second-order valence-electron chi connectivity index (χ2n) is 7.94. The molecule has 1 aliphatic rings. The number of nitrogens with zero attached hydrogens (tertiary/aromatic N) is 2. The van der Waals surface area contributed by atoms with Crippen LogP contribution in [0, 0.1) is 0 Å². The fourth-order valence-electron chi connectivity index (χ4n) is 3.85. The third-order valence-corrected chi connectivity index (χ3v) is 5.98. The highest BCUT2D eigenvalue weighted by Crippen LogP contribution is 2.36. The van der Waals surface area contributed by atoms with E-state index in [4.69, 9.17) is 11.6 Å². The smallest absolute Gasteiger partial charge is 0.369 e. The number of anilines is 2. The van der Waals surface area contributed by atoms with Gasteiger partial charge in [0, 0.05) is 49.7 Å². The Morgan fingerprint density at radius 2 is 1.58 bits per heavy atom. The summed E-state index contributed by atoms with van der Waals surface area (Å²) in [4.78, 5) is 17.2. The summed E-state index contributed by atoms with van der Waals surface area (Å²) in [6.07, 6.45) is -4.59. The first-order valence-electron chi connectivity index (χ1n) is 10.6. The van der Waals surface area contributed by atoms with Crippen LogP contribution < -0.4 is 10.2 Å². The number of piperazine rings is 1. The molecular weight excluding hydrogens is 451 g/mol. The second kappa shape index (κ2) is 9.85. The number of carbonyl (C=O) groups excluding carboxylic acids is 1. The van der Waals surface area contributed by atoms with Gasteiger partial charge in [0.15, 0.2) is 0 Å². The van der Waals surface area contributed by atoms with E-state index in [-0.39, 0.29) is 5.69 Å². The van der Waals surface area contributed by atoms with E-state index in [9.17, 15) is 18.0 Å². The van der Waals surface area contributed by atoms with E-state index in [1.807, 2.05) is 30.3 Å². The van der Waals surface area contributed by atoms with Gasteiger partial charge in [0.2, 0.25) is 0 Å². The molecule has 0 unspecified atom stereocenters. The fraction of sp³-hybridized carbons (Fsp3) is 0.240. The number of benzene rings is 3. The van der Waals surface area contributed by atoms with Gasteiger partial charge in [-0.15, -0.1) is 0 Å². The molecule has 0 bridgehead atoms. The van der Waals surface area contributed by atoms with Crippen LogP contribution in [0.2, 0.25) is 5.02 Å². The zero-order valence-corrected chi connectivity index (χ0v) is 18.5. The summed E-state index contributed by atoms with van der Waals surface area (Å²) in [5.74, 6) is -0.478. The maximum absolute atomic E-state index is 13.0. The van der Waals surface area contributed by atoms with Crippen LogP contribution in [0.25, 0.3) is 0 Å². The van der Waals surface area contributed by atoms with Gasteiger partial charge in [-0.1, -0.05) is 41.9 Å². The van der Waals surface area contributed by atoms with Gasteiger partial charge in [-0.2, -0.15) is 13.2 Å². The molecule has 4 rings (SSSR count). The Balaban J connectivity index is 1.33. The predicted octanol–water partition coefficient (Wildman–Crippen LogP) is 5.93. The van der Waals surface area contributed by atoms with Crippen molar-refractivity contribution in [2.24, 2.45) is 0 Å². The van der Waals surface area contributed by atoms with E-state index in [1.165, 1.54) is 11.8 Å². The average Bonchev–Trinajstić information content (AvgIpc) is 2.81. The lowest BCUT2D eigenvalue weighted by Crippen LogP contribution is -2.45. The minimum absolute atomic E-state index is 0.0390. The Morgan fingerprint density at radius 1 is 0.909 bits per heavy atom. The van der Waals surface area contributed by atoms with Crippen LogP contribution in [0.15, 0.2) is 72.8 Å². The van der Waals surface area contributed by atoms with Gasteiger partial charge in [0.1, 0.15) is 0 Å². The lowest BCUT2D eigenvalue weighted by atomic mass is 10.1. The molecule has 3 aromatic carbocycles. The number of hydrogen-bond acceptors (Lipinski definition) is 3. The molecule has 1 fully saturated rings. The van der Waals surface area contributed by atoms with Crippen LogP contribution in [0.4, 0.5) is 24.5 Å². The number of carbonyl (C=O) groups is 1. The summed E-state index contributed by atoms with van der Waals surface area (Å²) in [5, 5.41) is 2.10. The minimum Gasteiger partial charge on any atom is -0.369 e. The molecule has 0 saturated carbocycles. The topological polar surface area (TPSA) is 35.6 Å². The summed E-state index contributed by atoms with van der Waals surface area (Å²) in [5.41, 5.74) is 1.74. The summed E-state index contributed by atoms with van der Waals surface area (Å²) < 4.78 is 39.1. The molecule has 0 atom stereocenters. The first-order chi connectivity index (χ1) is 15.8. The first-order valence-corrected chi connectivity index (χ1v) is 11.0. The lowest BCUT2D eigenvalue weighted by Gasteiger charge is -2.36. The number of para-hydroxylation sites is 1. The Hall–Kier alpha value is -3.03. The third-order valence-electron chi connectivity index (χ3n) is 5.65. The second-order valence-corrected chi connectivity index (χ2v) is 8.35. The van der Waals surface area contributed by atoms with Gasteiger partial charge in [-0.05, 0) is 48.0 Å². The van der Waals surface area contributed by atoms with Crippen molar-refractivity contribution in [3.63, 3.8) is 0 Å². The largest absolute Gasteiger partial charge is 0.417 e. The molecule has 1 amide bonds. The molecule has 4 nitrogen and oxygen atoms in total. The molecule has 1 N–H and O–H groups in total. The van der Waals surface area contributed by atoms with E-state index in [2.05, 4.69) is 27.2 Å². The van der Waals surface area contributed by atoms with Crippen LogP contribution in [0.3, 0.4) is 0 Å². The van der Waals surface area contributed by atoms with Crippen molar-refractivity contribution in [2.75, 3.05) is 36.4 Å². The van der Waals surface area contributed by atoms with Crippen molar-refractivity contribution in [3.05, 3.63) is 94.5 Å². The summed E-state index contributed by atoms with van der Waals surface area (Å²) >= 11 is 5.63. The first kappa shape index (κ1) is 23.1. The van der Waals surface area contributed by atoms with Crippen LogP contribution in [0.1, 0.15) is 21.5 Å². The molecule has 1 aliphatic heterocycles. The van der Waals surface area contributed by atoms with E-state index in [1.54, 1.807) is 12.1 Å².